The molecule has 3 aliphatic heterocycles. The van der Waals surface area contributed by atoms with E-state index in [0.717, 1.165) is 35.2 Å². The summed E-state index contributed by atoms with van der Waals surface area (Å²) in [7, 11) is 4.77. The van der Waals surface area contributed by atoms with E-state index in [1.807, 2.05) is 0 Å². The van der Waals surface area contributed by atoms with Crippen LogP contribution in [0, 0.1) is 11.8 Å². The van der Waals surface area contributed by atoms with Gasteiger partial charge in [-0.3, -0.25) is 9.69 Å². The third-order valence-electron chi connectivity index (χ3n) is 6.33. The smallest absolute Gasteiger partial charge is 0.303 e. The van der Waals surface area contributed by atoms with Crippen molar-refractivity contribution in [3.8, 4) is 0 Å². The van der Waals surface area contributed by atoms with Gasteiger partial charge in [0.15, 0.2) is 0 Å². The van der Waals surface area contributed by atoms with Crippen molar-refractivity contribution in [1.82, 2.24) is 4.90 Å². The van der Waals surface area contributed by atoms with Crippen LogP contribution in [0.25, 0.3) is 0 Å². The molecule has 0 amide bonds. The molecule has 1 N–H and O–H groups in total. The highest BCUT2D eigenvalue weighted by molar-refractivity contribution is 5.66. The molecule has 0 saturated carbocycles. The number of aliphatic carboxylic acids is 1. The van der Waals surface area contributed by atoms with Crippen molar-refractivity contribution < 1.29 is 14.4 Å². The number of quaternary nitrogens is 1. The largest absolute Gasteiger partial charge is 0.481 e. The van der Waals surface area contributed by atoms with Gasteiger partial charge in [0.1, 0.15) is 0 Å². The van der Waals surface area contributed by atoms with Gasteiger partial charge in [0.25, 0.3) is 0 Å². The Hall–Kier alpha value is -0.610. The second kappa shape index (κ2) is 5.88. The number of likely N-dealkylation sites (tertiary alicyclic amines) is 1. The number of carboxylic acid groups (broad SMARTS) is 1. The minimum Gasteiger partial charge on any atom is -0.481 e. The number of nitrogens with zero attached hydrogens (tertiary/aromatic N) is 2. The van der Waals surface area contributed by atoms with Gasteiger partial charge in [-0.25, -0.2) is 0 Å². The predicted molar refractivity (Wildman–Crippen MR) is 83.1 cm³/mol. The van der Waals surface area contributed by atoms with Crippen LogP contribution in [0.5, 0.6) is 0 Å². The average Bonchev–Trinajstić information content (AvgIpc) is 2.41. The second-order valence-electron chi connectivity index (χ2n) is 8.05. The fourth-order valence-electron chi connectivity index (χ4n) is 5.66. The molecule has 0 aromatic rings. The molecule has 0 aromatic heterocycles. The van der Waals surface area contributed by atoms with Crippen LogP contribution in [0.4, 0.5) is 0 Å². The van der Waals surface area contributed by atoms with Gasteiger partial charge in [-0.15, -0.1) is 0 Å². The Bertz CT molecular complexity index is 394. The highest BCUT2D eigenvalue weighted by Gasteiger charge is 2.52. The molecule has 0 spiro atoms. The van der Waals surface area contributed by atoms with Crippen LogP contribution in [0.3, 0.4) is 0 Å². The molecule has 4 atom stereocenters. The van der Waals surface area contributed by atoms with Crippen molar-refractivity contribution in [3.63, 3.8) is 0 Å². The maximum Gasteiger partial charge on any atom is 0.303 e. The molecule has 0 aromatic carbocycles. The molecule has 3 fully saturated rings. The van der Waals surface area contributed by atoms with Crippen LogP contribution in [0.15, 0.2) is 0 Å². The Morgan fingerprint density at radius 2 is 1.95 bits per heavy atom. The fourth-order valence-corrected chi connectivity index (χ4v) is 5.66. The summed E-state index contributed by atoms with van der Waals surface area (Å²) < 4.78 is 1.11. The number of rotatable bonds is 4. The highest BCUT2D eigenvalue weighted by Crippen LogP contribution is 2.44. The van der Waals surface area contributed by atoms with Crippen molar-refractivity contribution >= 4 is 5.97 Å². The van der Waals surface area contributed by atoms with Crippen molar-refractivity contribution in [2.75, 3.05) is 33.7 Å². The van der Waals surface area contributed by atoms with Crippen molar-refractivity contribution in [3.05, 3.63) is 0 Å². The van der Waals surface area contributed by atoms with Crippen LogP contribution in [0.1, 0.15) is 44.9 Å². The van der Waals surface area contributed by atoms with E-state index >= 15 is 0 Å². The van der Waals surface area contributed by atoms with E-state index in [2.05, 4.69) is 19.0 Å². The van der Waals surface area contributed by atoms with Gasteiger partial charge < -0.3 is 9.59 Å². The van der Waals surface area contributed by atoms with Crippen molar-refractivity contribution in [1.29, 1.82) is 0 Å². The number of piperidine rings is 3. The first-order valence-electron chi connectivity index (χ1n) is 8.77. The first-order chi connectivity index (χ1) is 9.99. The summed E-state index contributed by atoms with van der Waals surface area (Å²) in [5.74, 6) is 1.02. The highest BCUT2D eigenvalue weighted by atomic mass is 16.4. The molecule has 1 unspecified atom stereocenters. The number of hydrogen-bond acceptors (Lipinski definition) is 2. The Morgan fingerprint density at radius 3 is 2.67 bits per heavy atom. The molecule has 21 heavy (non-hydrogen) atoms. The molecule has 4 nitrogen and oxygen atoms in total. The molecule has 3 aliphatic rings. The number of hydrogen-bond donors (Lipinski definition) is 1. The van der Waals surface area contributed by atoms with E-state index in [4.69, 9.17) is 5.11 Å². The molecule has 4 heteroatoms. The Balaban J connectivity index is 1.75. The van der Waals surface area contributed by atoms with Gasteiger partial charge in [0.2, 0.25) is 0 Å². The molecular weight excluding hydrogens is 264 g/mol. The summed E-state index contributed by atoms with van der Waals surface area (Å²) in [6.45, 7) is 3.88. The third-order valence-corrected chi connectivity index (χ3v) is 6.33. The van der Waals surface area contributed by atoms with E-state index in [1.165, 1.54) is 45.3 Å². The zero-order valence-corrected chi connectivity index (χ0v) is 13.6. The maximum absolute atomic E-state index is 10.8. The zero-order valence-electron chi connectivity index (χ0n) is 13.6. The molecule has 0 radical (unpaired) electrons. The monoisotopic (exact) mass is 295 g/mol. The first kappa shape index (κ1) is 15.3. The van der Waals surface area contributed by atoms with Crippen LogP contribution in [-0.2, 0) is 4.79 Å². The molecular formula is C17H31N2O2+. The van der Waals surface area contributed by atoms with Crippen LogP contribution in [-0.4, -0.2) is 66.3 Å². The Morgan fingerprint density at radius 1 is 1.24 bits per heavy atom. The topological polar surface area (TPSA) is 40.5 Å². The van der Waals surface area contributed by atoms with Gasteiger partial charge in [0, 0.05) is 30.7 Å². The minimum atomic E-state index is -0.642. The summed E-state index contributed by atoms with van der Waals surface area (Å²) >= 11 is 0. The fraction of sp³-hybridized carbons (Fsp3) is 0.941. The molecule has 3 heterocycles. The molecule has 0 aliphatic carbocycles. The zero-order chi connectivity index (χ0) is 15.0. The summed E-state index contributed by atoms with van der Waals surface area (Å²) in [5, 5.41) is 8.92. The number of carbonyl (C=O) groups is 1. The quantitative estimate of drug-likeness (QED) is 0.808. The third kappa shape index (κ3) is 2.98. The van der Waals surface area contributed by atoms with E-state index in [0.29, 0.717) is 12.5 Å². The van der Waals surface area contributed by atoms with Crippen molar-refractivity contribution in [2.45, 2.75) is 57.0 Å². The SMILES string of the molecule is C[N+]1(C)C[C@@H]2CCCN3CCC[C@H](C1CCCC(=O)O)[C@H]23. The van der Waals surface area contributed by atoms with Gasteiger partial charge in [-0.05, 0) is 45.2 Å². The molecule has 0 bridgehead atoms. The van der Waals surface area contributed by atoms with E-state index in [9.17, 15) is 4.79 Å². The molecule has 120 valence electrons. The van der Waals surface area contributed by atoms with E-state index in [1.54, 1.807) is 0 Å². The van der Waals surface area contributed by atoms with Crippen LogP contribution >= 0.6 is 0 Å². The summed E-state index contributed by atoms with van der Waals surface area (Å²) in [6, 6.07) is 1.46. The van der Waals surface area contributed by atoms with Crippen LogP contribution < -0.4 is 0 Å². The summed E-state index contributed by atoms with van der Waals surface area (Å²) in [4.78, 5) is 13.6. The van der Waals surface area contributed by atoms with Gasteiger partial charge in [-0.1, -0.05) is 0 Å². The predicted octanol–water partition coefficient (Wildman–Crippen LogP) is 2.19. The van der Waals surface area contributed by atoms with Crippen molar-refractivity contribution in [2.24, 2.45) is 11.8 Å². The lowest BCUT2D eigenvalue weighted by Crippen LogP contribution is -2.69. The summed E-state index contributed by atoms with van der Waals surface area (Å²) in [5.41, 5.74) is 0. The van der Waals surface area contributed by atoms with Gasteiger partial charge in [0.05, 0.1) is 26.7 Å². The summed E-state index contributed by atoms with van der Waals surface area (Å²) in [6.07, 6.45) is 7.73. The lowest BCUT2D eigenvalue weighted by molar-refractivity contribution is -0.930. The Labute approximate surface area is 128 Å². The molecule has 3 saturated heterocycles. The normalized spacial score (nSPS) is 38.8. The molecule has 3 rings (SSSR count). The first-order valence-corrected chi connectivity index (χ1v) is 8.77. The standard InChI is InChI=1S/C17H30N2O2/c1-19(2)12-13-6-4-10-18-11-5-7-14(17(13)18)15(19)8-3-9-16(20)21/h13-15,17H,3-12H2,1-2H3/p+1/t13-,14+,15?,17-/m0/s1. The van der Waals surface area contributed by atoms with Gasteiger partial charge >= 0.3 is 5.97 Å². The second-order valence-corrected chi connectivity index (χ2v) is 8.05. The van der Waals surface area contributed by atoms with Crippen LogP contribution in [0.2, 0.25) is 0 Å². The lowest BCUT2D eigenvalue weighted by atomic mass is 9.68. The number of carboxylic acids is 1. The maximum atomic E-state index is 10.8. The van der Waals surface area contributed by atoms with E-state index < -0.39 is 5.97 Å². The van der Waals surface area contributed by atoms with Gasteiger partial charge in [-0.2, -0.15) is 0 Å². The van der Waals surface area contributed by atoms with E-state index in [-0.39, 0.29) is 0 Å². The Kier molecular flexibility index (Phi) is 4.28. The lowest BCUT2D eigenvalue weighted by Gasteiger charge is -2.59. The average molecular weight is 295 g/mol. The minimum absolute atomic E-state index is 0.334.